The average molecular weight is 386 g/mol. The number of carboxylic acid groups (broad SMARTS) is 1. The van der Waals surface area contributed by atoms with Crippen LogP contribution in [-0.2, 0) is 17.9 Å². The Morgan fingerprint density at radius 3 is 2.68 bits per heavy atom. The molecule has 2 aromatic carbocycles. The molecule has 2 amide bonds. The molecule has 2 N–H and O–H groups in total. The zero-order valence-corrected chi connectivity index (χ0v) is 15.4. The molecule has 0 aliphatic carbocycles. The molecule has 3 rings (SSSR count). The van der Waals surface area contributed by atoms with E-state index in [2.05, 4.69) is 5.32 Å². The third-order valence-corrected chi connectivity index (χ3v) is 4.72. The summed E-state index contributed by atoms with van der Waals surface area (Å²) in [5.74, 6) is -0.990. The van der Waals surface area contributed by atoms with Gasteiger partial charge >= 0.3 is 12.0 Å². The van der Waals surface area contributed by atoms with E-state index in [4.69, 9.17) is 9.84 Å². The van der Waals surface area contributed by atoms with Crippen molar-refractivity contribution in [3.63, 3.8) is 0 Å². The van der Waals surface area contributed by atoms with Crippen molar-refractivity contribution in [2.75, 3.05) is 13.1 Å². The molecular weight excluding hydrogens is 363 g/mol. The molecule has 0 bridgehead atoms. The van der Waals surface area contributed by atoms with E-state index in [0.717, 1.165) is 11.1 Å². The zero-order chi connectivity index (χ0) is 19.9. The second kappa shape index (κ2) is 9.21. The van der Waals surface area contributed by atoms with Crippen LogP contribution in [0.1, 0.15) is 24.0 Å². The van der Waals surface area contributed by atoms with Gasteiger partial charge in [0.05, 0.1) is 5.92 Å². The Bertz CT molecular complexity index is 825. The zero-order valence-electron chi connectivity index (χ0n) is 15.4. The number of nitrogens with one attached hydrogen (secondary N) is 1. The number of aliphatic carboxylic acids is 1. The molecule has 6 nitrogen and oxygen atoms in total. The molecule has 1 saturated heterocycles. The lowest BCUT2D eigenvalue weighted by Gasteiger charge is -2.30. The maximum atomic E-state index is 13.2. The van der Waals surface area contributed by atoms with Crippen LogP contribution in [0.15, 0.2) is 48.5 Å². The van der Waals surface area contributed by atoms with Gasteiger partial charge in [0.25, 0.3) is 0 Å². The highest BCUT2D eigenvalue weighted by Gasteiger charge is 2.27. The van der Waals surface area contributed by atoms with Crippen molar-refractivity contribution in [3.8, 4) is 5.75 Å². The second-order valence-corrected chi connectivity index (χ2v) is 6.84. The van der Waals surface area contributed by atoms with Gasteiger partial charge < -0.3 is 20.1 Å². The molecule has 7 heteroatoms. The highest BCUT2D eigenvalue weighted by atomic mass is 19.1. The summed E-state index contributed by atoms with van der Waals surface area (Å²) in [6.45, 7) is 1.43. The first-order valence-electron chi connectivity index (χ1n) is 9.23. The number of hydrogen-bond acceptors (Lipinski definition) is 3. The van der Waals surface area contributed by atoms with Crippen LogP contribution in [0.3, 0.4) is 0 Å². The van der Waals surface area contributed by atoms with Crippen LogP contribution < -0.4 is 10.1 Å². The predicted molar refractivity (Wildman–Crippen MR) is 101 cm³/mol. The fraction of sp³-hybridized carbons (Fsp3) is 0.333. The SMILES string of the molecule is O=C(O)C1CCCN(C(=O)NCc2ccc(OCc3cccc(F)c3)cc2)C1. The maximum Gasteiger partial charge on any atom is 0.317 e. The minimum absolute atomic E-state index is 0.244. The van der Waals surface area contributed by atoms with Crippen LogP contribution >= 0.6 is 0 Å². The molecule has 2 aromatic rings. The summed E-state index contributed by atoms with van der Waals surface area (Å²) < 4.78 is 18.8. The number of carbonyl (C=O) groups excluding carboxylic acids is 1. The number of benzene rings is 2. The van der Waals surface area contributed by atoms with Crippen LogP contribution in [-0.4, -0.2) is 35.1 Å². The van der Waals surface area contributed by atoms with Crippen LogP contribution in [0.5, 0.6) is 5.75 Å². The number of likely N-dealkylation sites (tertiary alicyclic amines) is 1. The molecule has 1 atom stereocenters. The molecule has 0 aromatic heterocycles. The molecule has 1 aliphatic rings. The largest absolute Gasteiger partial charge is 0.489 e. The van der Waals surface area contributed by atoms with Crippen molar-refractivity contribution >= 4 is 12.0 Å². The number of urea groups is 1. The molecule has 148 valence electrons. The minimum atomic E-state index is -0.855. The monoisotopic (exact) mass is 386 g/mol. The number of carboxylic acids is 1. The number of piperidine rings is 1. The number of ether oxygens (including phenoxy) is 1. The first-order valence-corrected chi connectivity index (χ1v) is 9.23. The summed E-state index contributed by atoms with van der Waals surface area (Å²) in [4.78, 5) is 24.9. The normalized spacial score (nSPS) is 16.5. The van der Waals surface area contributed by atoms with Gasteiger partial charge in [-0.2, -0.15) is 0 Å². The van der Waals surface area contributed by atoms with Crippen LogP contribution in [0, 0.1) is 11.7 Å². The number of hydrogen-bond donors (Lipinski definition) is 2. The Balaban J connectivity index is 1.46. The molecule has 1 unspecified atom stereocenters. The molecule has 0 saturated carbocycles. The van der Waals surface area contributed by atoms with E-state index < -0.39 is 11.9 Å². The van der Waals surface area contributed by atoms with Gasteiger partial charge in [-0.25, -0.2) is 9.18 Å². The van der Waals surface area contributed by atoms with Gasteiger partial charge in [-0.15, -0.1) is 0 Å². The molecule has 1 heterocycles. The summed E-state index contributed by atoms with van der Waals surface area (Å²) in [6, 6.07) is 13.3. The van der Waals surface area contributed by atoms with Crippen molar-refractivity contribution in [3.05, 3.63) is 65.5 Å². The molecule has 0 radical (unpaired) electrons. The van der Waals surface area contributed by atoms with E-state index in [0.29, 0.717) is 31.7 Å². The first kappa shape index (κ1) is 19.7. The Hall–Kier alpha value is -3.09. The third kappa shape index (κ3) is 5.45. The maximum absolute atomic E-state index is 13.2. The van der Waals surface area contributed by atoms with Crippen molar-refractivity contribution in [2.24, 2.45) is 5.92 Å². The number of amides is 2. The second-order valence-electron chi connectivity index (χ2n) is 6.84. The quantitative estimate of drug-likeness (QED) is 0.797. The summed E-state index contributed by atoms with van der Waals surface area (Å²) in [5.41, 5.74) is 1.65. The topological polar surface area (TPSA) is 78.9 Å². The van der Waals surface area contributed by atoms with Gasteiger partial charge in [-0.05, 0) is 48.2 Å². The molecule has 28 heavy (non-hydrogen) atoms. The number of nitrogens with zero attached hydrogens (tertiary/aromatic N) is 1. The molecule has 1 fully saturated rings. The average Bonchev–Trinajstić information content (AvgIpc) is 2.71. The van der Waals surface area contributed by atoms with Gasteiger partial charge in [-0.3, -0.25) is 4.79 Å². The molecule has 0 spiro atoms. The standard InChI is InChI=1S/C21H23FN2O4/c22-18-5-1-3-16(11-18)14-28-19-8-6-15(7-9-19)12-23-21(27)24-10-2-4-17(13-24)20(25)26/h1,3,5-9,11,17H,2,4,10,12-14H2,(H,23,27)(H,25,26). The fourth-order valence-electron chi connectivity index (χ4n) is 3.15. The third-order valence-electron chi connectivity index (χ3n) is 4.72. The van der Waals surface area contributed by atoms with E-state index >= 15 is 0 Å². The Morgan fingerprint density at radius 1 is 1.18 bits per heavy atom. The van der Waals surface area contributed by atoms with Crippen LogP contribution in [0.25, 0.3) is 0 Å². The summed E-state index contributed by atoms with van der Waals surface area (Å²) >= 11 is 0. The van der Waals surface area contributed by atoms with Gasteiger partial charge in [0.2, 0.25) is 0 Å². The van der Waals surface area contributed by atoms with Crippen molar-refractivity contribution in [1.29, 1.82) is 0 Å². The predicted octanol–water partition coefficient (Wildman–Crippen LogP) is 3.41. The minimum Gasteiger partial charge on any atom is -0.489 e. The highest BCUT2D eigenvalue weighted by Crippen LogP contribution is 2.17. The van der Waals surface area contributed by atoms with Crippen molar-refractivity contribution in [1.82, 2.24) is 10.2 Å². The van der Waals surface area contributed by atoms with Crippen LogP contribution in [0.4, 0.5) is 9.18 Å². The summed E-state index contributed by atoms with van der Waals surface area (Å²) in [7, 11) is 0. The number of rotatable bonds is 6. The Morgan fingerprint density at radius 2 is 1.96 bits per heavy atom. The Labute approximate surface area is 162 Å². The fourth-order valence-corrected chi connectivity index (χ4v) is 3.15. The van der Waals surface area contributed by atoms with E-state index in [1.54, 1.807) is 29.2 Å². The molecular formula is C21H23FN2O4. The van der Waals surface area contributed by atoms with Gasteiger partial charge in [0.15, 0.2) is 0 Å². The van der Waals surface area contributed by atoms with Crippen molar-refractivity contribution in [2.45, 2.75) is 26.0 Å². The van der Waals surface area contributed by atoms with E-state index in [1.165, 1.54) is 12.1 Å². The number of carbonyl (C=O) groups is 2. The van der Waals surface area contributed by atoms with E-state index in [1.807, 2.05) is 12.1 Å². The number of halogens is 1. The lowest BCUT2D eigenvalue weighted by atomic mass is 9.99. The molecule has 1 aliphatic heterocycles. The highest BCUT2D eigenvalue weighted by molar-refractivity contribution is 5.76. The Kier molecular flexibility index (Phi) is 6.47. The van der Waals surface area contributed by atoms with Gasteiger partial charge in [-0.1, -0.05) is 24.3 Å². The van der Waals surface area contributed by atoms with Crippen molar-refractivity contribution < 1.29 is 23.8 Å². The summed E-state index contributed by atoms with van der Waals surface area (Å²) in [6.07, 6.45) is 1.30. The summed E-state index contributed by atoms with van der Waals surface area (Å²) in [5, 5.41) is 11.9. The lowest BCUT2D eigenvalue weighted by Crippen LogP contribution is -2.46. The van der Waals surface area contributed by atoms with Crippen LogP contribution in [0.2, 0.25) is 0 Å². The van der Waals surface area contributed by atoms with Gasteiger partial charge in [0.1, 0.15) is 18.2 Å². The van der Waals surface area contributed by atoms with E-state index in [9.17, 15) is 14.0 Å². The smallest absolute Gasteiger partial charge is 0.317 e. The lowest BCUT2D eigenvalue weighted by molar-refractivity contribution is -0.143. The first-order chi connectivity index (χ1) is 13.5. The van der Waals surface area contributed by atoms with E-state index in [-0.39, 0.29) is 25.0 Å². The van der Waals surface area contributed by atoms with Gasteiger partial charge in [0, 0.05) is 19.6 Å².